The number of hydrogen-bond donors (Lipinski definition) is 0. The van der Waals surface area contributed by atoms with Crippen molar-refractivity contribution in [1.29, 1.82) is 0 Å². The molecule has 1 rings (SSSR count). The minimum Gasteiger partial charge on any atom is -0.497 e. The van der Waals surface area contributed by atoms with Crippen molar-refractivity contribution >= 4 is 23.1 Å². The van der Waals surface area contributed by atoms with E-state index in [0.29, 0.717) is 16.3 Å². The van der Waals surface area contributed by atoms with Crippen LogP contribution in [0.15, 0.2) is 24.8 Å². The number of benzene rings is 1. The van der Waals surface area contributed by atoms with Crippen molar-refractivity contribution in [1.82, 2.24) is 0 Å². The number of esters is 1. The number of halogens is 1. The SMILES string of the molecule is C=C(C(=O)OC)c1ccc(OC)cc1Cl. The van der Waals surface area contributed by atoms with Gasteiger partial charge < -0.3 is 9.47 Å². The number of hydrogen-bond acceptors (Lipinski definition) is 3. The number of methoxy groups -OCH3 is 2. The van der Waals surface area contributed by atoms with Gasteiger partial charge in [0.2, 0.25) is 0 Å². The first-order valence-electron chi connectivity index (χ1n) is 4.21. The van der Waals surface area contributed by atoms with Crippen LogP contribution in [0.3, 0.4) is 0 Å². The molecule has 0 atom stereocenters. The fourth-order valence-electron chi connectivity index (χ4n) is 1.10. The lowest BCUT2D eigenvalue weighted by Gasteiger charge is -2.07. The second kappa shape index (κ2) is 4.84. The van der Waals surface area contributed by atoms with Crippen molar-refractivity contribution in [2.45, 2.75) is 0 Å². The topological polar surface area (TPSA) is 35.5 Å². The molecule has 0 spiro atoms. The van der Waals surface area contributed by atoms with Crippen molar-refractivity contribution in [2.24, 2.45) is 0 Å². The normalized spacial score (nSPS) is 9.53. The minimum absolute atomic E-state index is 0.227. The summed E-state index contributed by atoms with van der Waals surface area (Å²) >= 11 is 5.96. The fraction of sp³-hybridized carbons (Fsp3) is 0.182. The van der Waals surface area contributed by atoms with Crippen LogP contribution < -0.4 is 4.74 Å². The predicted octanol–water partition coefficient (Wildman–Crippen LogP) is 2.53. The average Bonchev–Trinajstić information content (AvgIpc) is 2.26. The van der Waals surface area contributed by atoms with Crippen LogP contribution in [0.25, 0.3) is 5.57 Å². The molecule has 3 nitrogen and oxygen atoms in total. The molecule has 0 bridgehead atoms. The molecule has 15 heavy (non-hydrogen) atoms. The van der Waals surface area contributed by atoms with E-state index in [1.54, 1.807) is 25.3 Å². The van der Waals surface area contributed by atoms with Gasteiger partial charge in [-0.15, -0.1) is 0 Å². The van der Waals surface area contributed by atoms with Gasteiger partial charge >= 0.3 is 5.97 Å². The number of ether oxygens (including phenoxy) is 2. The lowest BCUT2D eigenvalue weighted by molar-refractivity contribution is -0.133. The van der Waals surface area contributed by atoms with Crippen LogP contribution in [0.5, 0.6) is 5.75 Å². The number of carbonyl (C=O) groups is 1. The summed E-state index contributed by atoms with van der Waals surface area (Å²) in [7, 11) is 2.84. The Hall–Kier alpha value is -1.48. The van der Waals surface area contributed by atoms with E-state index >= 15 is 0 Å². The highest BCUT2D eigenvalue weighted by molar-refractivity contribution is 6.34. The molecule has 0 unspecified atom stereocenters. The predicted molar refractivity (Wildman–Crippen MR) is 59.1 cm³/mol. The van der Waals surface area contributed by atoms with E-state index in [9.17, 15) is 4.79 Å². The Morgan fingerprint density at radius 3 is 2.53 bits per heavy atom. The van der Waals surface area contributed by atoms with Gasteiger partial charge in [0, 0.05) is 5.56 Å². The molecular weight excluding hydrogens is 216 g/mol. The molecule has 0 aliphatic rings. The van der Waals surface area contributed by atoms with Crippen molar-refractivity contribution in [3.63, 3.8) is 0 Å². The zero-order chi connectivity index (χ0) is 11.4. The van der Waals surface area contributed by atoms with Crippen LogP contribution in [0.1, 0.15) is 5.56 Å². The Morgan fingerprint density at radius 2 is 2.07 bits per heavy atom. The quantitative estimate of drug-likeness (QED) is 0.587. The molecule has 0 radical (unpaired) electrons. The van der Waals surface area contributed by atoms with Gasteiger partial charge in [-0.05, 0) is 18.2 Å². The maximum Gasteiger partial charge on any atom is 0.337 e. The van der Waals surface area contributed by atoms with E-state index < -0.39 is 5.97 Å². The summed E-state index contributed by atoms with van der Waals surface area (Å²) in [5, 5.41) is 0.407. The van der Waals surface area contributed by atoms with Crippen molar-refractivity contribution in [2.75, 3.05) is 14.2 Å². The van der Waals surface area contributed by atoms with Gasteiger partial charge in [-0.3, -0.25) is 0 Å². The Labute approximate surface area is 93.3 Å². The zero-order valence-electron chi connectivity index (χ0n) is 8.54. The smallest absolute Gasteiger partial charge is 0.337 e. The molecule has 4 heteroatoms. The van der Waals surface area contributed by atoms with Gasteiger partial charge in [-0.2, -0.15) is 0 Å². The van der Waals surface area contributed by atoms with Gasteiger partial charge in [0.25, 0.3) is 0 Å². The van der Waals surface area contributed by atoms with E-state index in [4.69, 9.17) is 16.3 Å². The molecule has 0 heterocycles. The zero-order valence-corrected chi connectivity index (χ0v) is 9.30. The summed E-state index contributed by atoms with van der Waals surface area (Å²) < 4.78 is 9.54. The van der Waals surface area contributed by atoms with Crippen LogP contribution in [-0.4, -0.2) is 20.2 Å². The van der Waals surface area contributed by atoms with E-state index in [-0.39, 0.29) is 5.57 Å². The van der Waals surface area contributed by atoms with Gasteiger partial charge in [-0.25, -0.2) is 4.79 Å². The van der Waals surface area contributed by atoms with E-state index in [2.05, 4.69) is 11.3 Å². The highest BCUT2D eigenvalue weighted by Gasteiger charge is 2.13. The molecule has 1 aromatic rings. The second-order valence-corrected chi connectivity index (χ2v) is 3.22. The molecule has 1 aromatic carbocycles. The van der Waals surface area contributed by atoms with Crippen LogP contribution in [0, 0.1) is 0 Å². The summed E-state index contributed by atoms with van der Waals surface area (Å²) in [6, 6.07) is 4.99. The maximum absolute atomic E-state index is 11.2. The van der Waals surface area contributed by atoms with E-state index in [1.807, 2.05) is 0 Å². The third-order valence-corrected chi connectivity index (χ3v) is 2.25. The van der Waals surface area contributed by atoms with Crippen molar-refractivity contribution in [3.05, 3.63) is 35.4 Å². The Bertz CT molecular complexity index is 399. The molecule has 80 valence electrons. The van der Waals surface area contributed by atoms with Crippen LogP contribution in [-0.2, 0) is 9.53 Å². The van der Waals surface area contributed by atoms with Gasteiger partial charge in [0.15, 0.2) is 0 Å². The Morgan fingerprint density at radius 1 is 1.40 bits per heavy atom. The molecular formula is C11H11ClO3. The fourth-order valence-corrected chi connectivity index (χ4v) is 1.39. The average molecular weight is 227 g/mol. The molecule has 0 saturated heterocycles. The summed E-state index contributed by atoms with van der Waals surface area (Å²) in [6.45, 7) is 3.61. The Balaban J connectivity index is 3.06. The standard InChI is InChI=1S/C11H11ClO3/c1-7(11(13)15-3)9-5-4-8(14-2)6-10(9)12/h4-6H,1H2,2-3H3. The van der Waals surface area contributed by atoms with Gasteiger partial charge in [0.05, 0.1) is 24.8 Å². The second-order valence-electron chi connectivity index (χ2n) is 2.82. The first-order valence-corrected chi connectivity index (χ1v) is 4.59. The highest BCUT2D eigenvalue weighted by atomic mass is 35.5. The highest BCUT2D eigenvalue weighted by Crippen LogP contribution is 2.27. The van der Waals surface area contributed by atoms with Crippen LogP contribution in [0.4, 0.5) is 0 Å². The summed E-state index contributed by atoms with van der Waals surface area (Å²) in [5.74, 6) is 0.128. The molecule has 0 aliphatic heterocycles. The van der Waals surface area contributed by atoms with Crippen LogP contribution >= 0.6 is 11.6 Å². The molecule has 0 amide bonds. The number of carbonyl (C=O) groups excluding carboxylic acids is 1. The molecule has 0 N–H and O–H groups in total. The Kier molecular flexibility index (Phi) is 3.74. The van der Waals surface area contributed by atoms with Gasteiger partial charge in [-0.1, -0.05) is 18.2 Å². The molecule has 0 aromatic heterocycles. The molecule has 0 saturated carbocycles. The largest absolute Gasteiger partial charge is 0.497 e. The van der Waals surface area contributed by atoms with E-state index in [1.165, 1.54) is 7.11 Å². The van der Waals surface area contributed by atoms with Crippen molar-refractivity contribution < 1.29 is 14.3 Å². The lowest BCUT2D eigenvalue weighted by atomic mass is 10.1. The van der Waals surface area contributed by atoms with Crippen molar-refractivity contribution in [3.8, 4) is 5.75 Å². The minimum atomic E-state index is -0.498. The molecule has 0 aliphatic carbocycles. The van der Waals surface area contributed by atoms with E-state index in [0.717, 1.165) is 0 Å². The molecule has 0 fully saturated rings. The van der Waals surface area contributed by atoms with Gasteiger partial charge in [0.1, 0.15) is 5.75 Å². The lowest BCUT2D eigenvalue weighted by Crippen LogP contribution is -2.03. The summed E-state index contributed by atoms with van der Waals surface area (Å²) in [4.78, 5) is 11.2. The first-order chi connectivity index (χ1) is 7.10. The first kappa shape index (κ1) is 11.6. The maximum atomic E-state index is 11.2. The third kappa shape index (κ3) is 2.50. The van der Waals surface area contributed by atoms with Crippen LogP contribution in [0.2, 0.25) is 5.02 Å². The monoisotopic (exact) mass is 226 g/mol. The summed E-state index contributed by atoms with van der Waals surface area (Å²) in [5.41, 5.74) is 0.773. The third-order valence-electron chi connectivity index (χ3n) is 1.93. The number of rotatable bonds is 3. The summed E-state index contributed by atoms with van der Waals surface area (Å²) in [6.07, 6.45) is 0.